The first-order valence-corrected chi connectivity index (χ1v) is 8.19. The highest BCUT2D eigenvalue weighted by Gasteiger charge is 2.37. The monoisotopic (exact) mass is 289 g/mol. The molecule has 0 atom stereocenters. The van der Waals surface area contributed by atoms with Crippen LogP contribution in [-0.2, 0) is 0 Å². The number of hydrogen-bond donors (Lipinski definition) is 1. The summed E-state index contributed by atoms with van der Waals surface area (Å²) >= 11 is 0. The molecule has 21 heavy (non-hydrogen) atoms. The van der Waals surface area contributed by atoms with Crippen LogP contribution in [0.1, 0.15) is 62.2 Å². The van der Waals surface area contributed by atoms with Crippen LogP contribution in [0.3, 0.4) is 0 Å². The van der Waals surface area contributed by atoms with Gasteiger partial charge in [-0.2, -0.15) is 0 Å². The molecule has 1 aromatic carbocycles. The Morgan fingerprint density at radius 1 is 1.14 bits per heavy atom. The lowest BCUT2D eigenvalue weighted by atomic mass is 9.74. The molecular weight excluding hydrogens is 262 g/mol. The topological polar surface area (TPSA) is 52.3 Å². The van der Waals surface area contributed by atoms with Crippen LogP contribution in [0.2, 0.25) is 0 Å². The molecule has 1 saturated carbocycles. The summed E-state index contributed by atoms with van der Waals surface area (Å²) in [5.74, 6) is 1.05. The van der Waals surface area contributed by atoms with Gasteiger partial charge in [-0.05, 0) is 43.5 Å². The SMILES string of the molecule is CCCOc1ccc(C(=O)C2(CN)CCCCCC2)cc1. The lowest BCUT2D eigenvalue weighted by Gasteiger charge is -2.29. The van der Waals surface area contributed by atoms with Crippen molar-refractivity contribution in [3.8, 4) is 5.75 Å². The number of carbonyl (C=O) groups excluding carboxylic acids is 1. The Morgan fingerprint density at radius 3 is 2.29 bits per heavy atom. The fourth-order valence-corrected chi connectivity index (χ4v) is 3.16. The molecule has 3 heteroatoms. The second-order valence-electron chi connectivity index (χ2n) is 6.10. The highest BCUT2D eigenvalue weighted by molar-refractivity contribution is 6.00. The molecule has 0 unspecified atom stereocenters. The average molecular weight is 289 g/mol. The maximum Gasteiger partial charge on any atom is 0.170 e. The molecule has 0 aromatic heterocycles. The van der Waals surface area contributed by atoms with Crippen molar-refractivity contribution in [1.29, 1.82) is 0 Å². The van der Waals surface area contributed by atoms with E-state index in [0.717, 1.165) is 43.4 Å². The first-order valence-electron chi connectivity index (χ1n) is 8.19. The molecule has 116 valence electrons. The van der Waals surface area contributed by atoms with Crippen molar-refractivity contribution in [3.63, 3.8) is 0 Å². The van der Waals surface area contributed by atoms with Gasteiger partial charge in [0.25, 0.3) is 0 Å². The van der Waals surface area contributed by atoms with Crippen LogP contribution < -0.4 is 10.5 Å². The highest BCUT2D eigenvalue weighted by Crippen LogP contribution is 2.37. The van der Waals surface area contributed by atoms with E-state index < -0.39 is 0 Å². The summed E-state index contributed by atoms with van der Waals surface area (Å²) in [7, 11) is 0. The van der Waals surface area contributed by atoms with Crippen LogP contribution in [0.15, 0.2) is 24.3 Å². The molecule has 1 aromatic rings. The third-order valence-electron chi connectivity index (χ3n) is 4.52. The summed E-state index contributed by atoms with van der Waals surface area (Å²) < 4.78 is 5.57. The minimum Gasteiger partial charge on any atom is -0.494 e. The van der Waals surface area contributed by atoms with E-state index in [0.29, 0.717) is 13.2 Å². The van der Waals surface area contributed by atoms with E-state index in [1.54, 1.807) is 0 Å². The van der Waals surface area contributed by atoms with Gasteiger partial charge in [-0.25, -0.2) is 0 Å². The molecule has 1 aliphatic rings. The van der Waals surface area contributed by atoms with E-state index >= 15 is 0 Å². The van der Waals surface area contributed by atoms with Gasteiger partial charge in [0, 0.05) is 17.5 Å². The van der Waals surface area contributed by atoms with Gasteiger partial charge in [0.15, 0.2) is 5.78 Å². The summed E-state index contributed by atoms with van der Waals surface area (Å²) in [6.07, 6.45) is 7.50. The van der Waals surface area contributed by atoms with E-state index in [1.165, 1.54) is 12.8 Å². The maximum atomic E-state index is 12.9. The molecule has 0 heterocycles. The largest absolute Gasteiger partial charge is 0.494 e. The zero-order valence-corrected chi connectivity index (χ0v) is 13.1. The Labute approximate surface area is 127 Å². The standard InChI is InChI=1S/C18H27NO2/c1-2-13-21-16-9-7-15(8-10-16)17(20)18(14-19)11-5-3-4-6-12-18/h7-10H,2-6,11-14,19H2,1H3. The Bertz CT molecular complexity index is 445. The fourth-order valence-electron chi connectivity index (χ4n) is 3.16. The lowest BCUT2D eigenvalue weighted by Crippen LogP contribution is -2.38. The van der Waals surface area contributed by atoms with Crippen LogP contribution in [0.25, 0.3) is 0 Å². The molecule has 0 amide bonds. The van der Waals surface area contributed by atoms with E-state index in [-0.39, 0.29) is 11.2 Å². The van der Waals surface area contributed by atoms with Gasteiger partial charge in [-0.3, -0.25) is 4.79 Å². The molecule has 0 aliphatic heterocycles. The third kappa shape index (κ3) is 3.85. The van der Waals surface area contributed by atoms with Crippen LogP contribution in [0.5, 0.6) is 5.75 Å². The van der Waals surface area contributed by atoms with Gasteiger partial charge in [-0.15, -0.1) is 0 Å². The van der Waals surface area contributed by atoms with Crippen LogP contribution in [0.4, 0.5) is 0 Å². The maximum absolute atomic E-state index is 12.9. The quantitative estimate of drug-likeness (QED) is 0.637. The van der Waals surface area contributed by atoms with Crippen molar-refractivity contribution in [3.05, 3.63) is 29.8 Å². The number of benzene rings is 1. The Hall–Kier alpha value is -1.35. The predicted octanol–water partition coefficient (Wildman–Crippen LogP) is 3.96. The van der Waals surface area contributed by atoms with Crippen LogP contribution >= 0.6 is 0 Å². The Morgan fingerprint density at radius 2 is 1.76 bits per heavy atom. The van der Waals surface area contributed by atoms with Gasteiger partial charge in [0.2, 0.25) is 0 Å². The van der Waals surface area contributed by atoms with Gasteiger partial charge < -0.3 is 10.5 Å². The molecule has 0 radical (unpaired) electrons. The Kier molecular flexibility index (Phi) is 5.80. The zero-order chi connectivity index (χ0) is 15.1. The Balaban J connectivity index is 2.13. The molecule has 2 N–H and O–H groups in total. The van der Waals surface area contributed by atoms with Gasteiger partial charge in [0.05, 0.1) is 6.61 Å². The average Bonchev–Trinajstić information content (AvgIpc) is 2.79. The zero-order valence-electron chi connectivity index (χ0n) is 13.1. The molecule has 1 aliphatic carbocycles. The van der Waals surface area contributed by atoms with Crippen molar-refractivity contribution in [2.45, 2.75) is 51.9 Å². The van der Waals surface area contributed by atoms with E-state index in [1.807, 2.05) is 24.3 Å². The minimum absolute atomic E-state index is 0.217. The fraction of sp³-hybridized carbons (Fsp3) is 0.611. The van der Waals surface area contributed by atoms with E-state index in [9.17, 15) is 4.79 Å². The van der Waals surface area contributed by atoms with Gasteiger partial charge >= 0.3 is 0 Å². The number of carbonyl (C=O) groups is 1. The summed E-state index contributed by atoms with van der Waals surface area (Å²) in [5, 5.41) is 0. The first kappa shape index (κ1) is 16.0. The molecule has 0 spiro atoms. The van der Waals surface area contributed by atoms with Crippen molar-refractivity contribution >= 4 is 5.78 Å². The highest BCUT2D eigenvalue weighted by atomic mass is 16.5. The predicted molar refractivity (Wildman–Crippen MR) is 85.7 cm³/mol. The number of rotatable bonds is 6. The second kappa shape index (κ2) is 7.60. The molecule has 0 saturated heterocycles. The summed E-state index contributed by atoms with van der Waals surface area (Å²) in [5.41, 5.74) is 6.42. The van der Waals surface area contributed by atoms with Crippen molar-refractivity contribution in [2.24, 2.45) is 11.1 Å². The van der Waals surface area contributed by atoms with Gasteiger partial charge in [0.1, 0.15) is 5.75 Å². The van der Waals surface area contributed by atoms with E-state index in [4.69, 9.17) is 10.5 Å². The van der Waals surface area contributed by atoms with Crippen molar-refractivity contribution < 1.29 is 9.53 Å². The number of hydrogen-bond acceptors (Lipinski definition) is 3. The van der Waals surface area contributed by atoms with Gasteiger partial charge in [-0.1, -0.05) is 32.6 Å². The van der Waals surface area contributed by atoms with Crippen LogP contribution in [0, 0.1) is 5.41 Å². The summed E-state index contributed by atoms with van der Waals surface area (Å²) in [6, 6.07) is 7.55. The van der Waals surface area contributed by atoms with E-state index in [2.05, 4.69) is 6.92 Å². The van der Waals surface area contributed by atoms with Crippen molar-refractivity contribution in [2.75, 3.05) is 13.2 Å². The number of Topliss-reactive ketones (excluding diaryl/α,β-unsaturated/α-hetero) is 1. The summed E-state index contributed by atoms with van der Waals surface area (Å²) in [6.45, 7) is 3.24. The minimum atomic E-state index is -0.345. The molecule has 3 nitrogen and oxygen atoms in total. The summed E-state index contributed by atoms with van der Waals surface area (Å²) in [4.78, 5) is 12.9. The number of ether oxygens (including phenoxy) is 1. The lowest BCUT2D eigenvalue weighted by molar-refractivity contribution is 0.0774. The van der Waals surface area contributed by atoms with Crippen molar-refractivity contribution in [1.82, 2.24) is 0 Å². The molecule has 0 bridgehead atoms. The second-order valence-corrected chi connectivity index (χ2v) is 6.10. The smallest absolute Gasteiger partial charge is 0.170 e. The number of nitrogens with two attached hydrogens (primary N) is 1. The molecule has 2 rings (SSSR count). The van der Waals surface area contributed by atoms with Crippen LogP contribution in [-0.4, -0.2) is 18.9 Å². The third-order valence-corrected chi connectivity index (χ3v) is 4.52. The number of ketones is 1. The molecule has 1 fully saturated rings. The molecular formula is C18H27NO2. The first-order chi connectivity index (χ1) is 10.2. The normalized spacial score (nSPS) is 18.0.